The van der Waals surface area contributed by atoms with E-state index in [1.54, 1.807) is 17.0 Å². The third-order valence-electron chi connectivity index (χ3n) is 4.10. The van der Waals surface area contributed by atoms with Gasteiger partial charge in [0.2, 0.25) is 11.1 Å². The Labute approximate surface area is 180 Å². The van der Waals surface area contributed by atoms with Gasteiger partial charge in [-0.25, -0.2) is 0 Å². The highest BCUT2D eigenvalue weighted by Gasteiger charge is 2.16. The summed E-state index contributed by atoms with van der Waals surface area (Å²) in [5, 5.41) is 24.2. The van der Waals surface area contributed by atoms with Gasteiger partial charge in [0.25, 0.3) is 0 Å². The third-order valence-corrected chi connectivity index (χ3v) is 5.69. The Bertz CT molecular complexity index is 1140. The second-order valence-corrected chi connectivity index (χ2v) is 7.71. The van der Waals surface area contributed by atoms with Crippen LogP contribution in [0.1, 0.15) is 6.92 Å². The molecule has 0 bridgehead atoms. The molecule has 0 aliphatic rings. The quantitative estimate of drug-likeness (QED) is 0.411. The van der Waals surface area contributed by atoms with Gasteiger partial charge in [-0.3, -0.25) is 9.36 Å². The molecule has 0 spiro atoms. The molecule has 0 aliphatic carbocycles. The number of benzene rings is 1. The summed E-state index contributed by atoms with van der Waals surface area (Å²) in [7, 11) is 0. The first kappa shape index (κ1) is 20.2. The molecule has 30 heavy (non-hydrogen) atoms. The van der Waals surface area contributed by atoms with Crippen LogP contribution in [0, 0.1) is 0 Å². The largest absolute Gasteiger partial charge is 0.461 e. The minimum absolute atomic E-state index is 0.149. The van der Waals surface area contributed by atoms with Crippen LogP contribution in [0.15, 0.2) is 57.4 Å². The van der Waals surface area contributed by atoms with E-state index in [1.807, 2.05) is 48.1 Å². The number of furan rings is 1. The molecule has 4 aromatic rings. The molecule has 0 unspecified atom stereocenters. The standard InChI is InChI=1S/C18H18N8O2S2/c1-3-25-16(14-8-5-9-28-14)20-21-17(25)30-11-15(27)19-12-6-4-7-13(10-12)26-18(29-2)22-23-24-26/h4-10H,3,11H2,1-2H3,(H,19,27). The molecular formula is C18H18N8O2S2. The lowest BCUT2D eigenvalue weighted by atomic mass is 10.3. The molecular weight excluding hydrogens is 424 g/mol. The number of nitrogens with one attached hydrogen (secondary N) is 1. The molecule has 0 saturated heterocycles. The molecule has 10 nitrogen and oxygen atoms in total. The first-order chi connectivity index (χ1) is 14.7. The van der Waals surface area contributed by atoms with E-state index < -0.39 is 0 Å². The molecule has 154 valence electrons. The number of carbonyl (C=O) groups excluding carboxylic acids is 1. The maximum Gasteiger partial charge on any atom is 0.234 e. The van der Waals surface area contributed by atoms with E-state index in [9.17, 15) is 4.79 Å². The van der Waals surface area contributed by atoms with E-state index in [2.05, 4.69) is 31.0 Å². The number of anilines is 1. The number of rotatable bonds is 8. The number of hydrogen-bond donors (Lipinski definition) is 1. The van der Waals surface area contributed by atoms with Gasteiger partial charge in [0.15, 0.2) is 16.7 Å². The van der Waals surface area contributed by atoms with Crippen molar-refractivity contribution in [1.29, 1.82) is 0 Å². The number of hydrogen-bond acceptors (Lipinski definition) is 9. The van der Waals surface area contributed by atoms with Gasteiger partial charge < -0.3 is 9.73 Å². The minimum Gasteiger partial charge on any atom is -0.461 e. The summed E-state index contributed by atoms with van der Waals surface area (Å²) in [5.74, 6) is 1.33. The summed E-state index contributed by atoms with van der Waals surface area (Å²) in [5.41, 5.74) is 1.43. The van der Waals surface area contributed by atoms with Crippen molar-refractivity contribution in [2.45, 2.75) is 23.8 Å². The van der Waals surface area contributed by atoms with Crippen molar-refractivity contribution >= 4 is 35.1 Å². The van der Waals surface area contributed by atoms with Crippen LogP contribution < -0.4 is 5.32 Å². The summed E-state index contributed by atoms with van der Waals surface area (Å²) < 4.78 is 8.94. The maximum atomic E-state index is 12.5. The SMILES string of the molecule is CCn1c(SCC(=O)Nc2cccc(-n3nnnc3SC)c2)nnc1-c1ccco1. The van der Waals surface area contributed by atoms with E-state index >= 15 is 0 Å². The zero-order valence-corrected chi connectivity index (χ0v) is 17.9. The number of aromatic nitrogens is 7. The summed E-state index contributed by atoms with van der Waals surface area (Å²) in [4.78, 5) is 12.5. The molecule has 1 amide bonds. The molecule has 1 aromatic carbocycles. The van der Waals surface area contributed by atoms with E-state index in [4.69, 9.17) is 4.42 Å². The van der Waals surface area contributed by atoms with Gasteiger partial charge in [0, 0.05) is 12.2 Å². The van der Waals surface area contributed by atoms with Crippen molar-refractivity contribution in [3.63, 3.8) is 0 Å². The van der Waals surface area contributed by atoms with Crippen LogP contribution in [0.3, 0.4) is 0 Å². The van der Waals surface area contributed by atoms with Crippen LogP contribution in [0.25, 0.3) is 17.3 Å². The first-order valence-electron chi connectivity index (χ1n) is 9.02. The predicted molar refractivity (Wildman–Crippen MR) is 114 cm³/mol. The molecule has 0 radical (unpaired) electrons. The molecule has 0 aliphatic heterocycles. The van der Waals surface area contributed by atoms with Crippen LogP contribution in [0.4, 0.5) is 5.69 Å². The number of nitrogens with zero attached hydrogens (tertiary/aromatic N) is 7. The van der Waals surface area contributed by atoms with E-state index in [1.165, 1.54) is 23.5 Å². The number of tetrazole rings is 1. The van der Waals surface area contributed by atoms with Gasteiger partial charge in [-0.15, -0.1) is 15.3 Å². The minimum atomic E-state index is -0.149. The van der Waals surface area contributed by atoms with Crippen molar-refractivity contribution in [2.75, 3.05) is 17.3 Å². The third kappa shape index (κ3) is 4.24. The van der Waals surface area contributed by atoms with Crippen molar-refractivity contribution in [3.8, 4) is 17.3 Å². The number of thioether (sulfide) groups is 2. The zero-order valence-electron chi connectivity index (χ0n) is 16.2. The van der Waals surface area contributed by atoms with E-state index in [0.717, 1.165) is 5.69 Å². The van der Waals surface area contributed by atoms with Gasteiger partial charge >= 0.3 is 0 Å². The molecule has 4 rings (SSSR count). The fourth-order valence-electron chi connectivity index (χ4n) is 2.78. The smallest absolute Gasteiger partial charge is 0.234 e. The highest BCUT2D eigenvalue weighted by Crippen LogP contribution is 2.24. The van der Waals surface area contributed by atoms with E-state index in [0.29, 0.717) is 34.1 Å². The van der Waals surface area contributed by atoms with Gasteiger partial charge in [0.05, 0.1) is 17.7 Å². The summed E-state index contributed by atoms with van der Waals surface area (Å²) >= 11 is 2.76. The van der Waals surface area contributed by atoms with Gasteiger partial charge in [-0.1, -0.05) is 29.6 Å². The summed E-state index contributed by atoms with van der Waals surface area (Å²) in [6.07, 6.45) is 3.49. The highest BCUT2D eigenvalue weighted by molar-refractivity contribution is 7.99. The highest BCUT2D eigenvalue weighted by atomic mass is 32.2. The Morgan fingerprint density at radius 1 is 1.17 bits per heavy atom. The predicted octanol–water partition coefficient (Wildman–Crippen LogP) is 2.99. The van der Waals surface area contributed by atoms with Crippen molar-refractivity contribution in [2.24, 2.45) is 0 Å². The average molecular weight is 443 g/mol. The Kier molecular flexibility index (Phi) is 6.14. The Balaban J connectivity index is 1.42. The molecule has 1 N–H and O–H groups in total. The Hall–Kier alpha value is -3.12. The molecule has 3 aromatic heterocycles. The lowest BCUT2D eigenvalue weighted by molar-refractivity contribution is -0.113. The summed E-state index contributed by atoms with van der Waals surface area (Å²) in [6.45, 7) is 2.66. The van der Waals surface area contributed by atoms with Crippen LogP contribution in [0.5, 0.6) is 0 Å². The van der Waals surface area contributed by atoms with Crippen LogP contribution >= 0.6 is 23.5 Å². The van der Waals surface area contributed by atoms with E-state index in [-0.39, 0.29) is 11.7 Å². The number of carbonyl (C=O) groups is 1. The maximum absolute atomic E-state index is 12.5. The Morgan fingerprint density at radius 2 is 2.07 bits per heavy atom. The van der Waals surface area contributed by atoms with Crippen molar-refractivity contribution in [1.82, 2.24) is 35.0 Å². The number of amides is 1. The van der Waals surface area contributed by atoms with Gasteiger partial charge in [-0.2, -0.15) is 4.68 Å². The molecule has 3 heterocycles. The fourth-order valence-corrected chi connectivity index (χ4v) is 4.01. The zero-order chi connectivity index (χ0) is 20.9. The lowest BCUT2D eigenvalue weighted by Gasteiger charge is -2.08. The van der Waals surface area contributed by atoms with Crippen molar-refractivity contribution < 1.29 is 9.21 Å². The topological polar surface area (TPSA) is 117 Å². The molecule has 0 fully saturated rings. The molecule has 12 heteroatoms. The first-order valence-corrected chi connectivity index (χ1v) is 11.2. The fraction of sp³-hybridized carbons (Fsp3) is 0.222. The monoisotopic (exact) mass is 442 g/mol. The van der Waals surface area contributed by atoms with Crippen molar-refractivity contribution in [3.05, 3.63) is 42.7 Å². The summed E-state index contributed by atoms with van der Waals surface area (Å²) in [6, 6.07) is 11.0. The second-order valence-electron chi connectivity index (χ2n) is 5.99. The lowest BCUT2D eigenvalue weighted by Crippen LogP contribution is -2.15. The van der Waals surface area contributed by atoms with Crippen LogP contribution in [-0.2, 0) is 11.3 Å². The second kappa shape index (κ2) is 9.13. The van der Waals surface area contributed by atoms with Gasteiger partial charge in [0.1, 0.15) is 0 Å². The molecule has 0 saturated carbocycles. The van der Waals surface area contributed by atoms with Crippen LogP contribution in [-0.4, -0.2) is 52.9 Å². The van der Waals surface area contributed by atoms with Crippen LogP contribution in [0.2, 0.25) is 0 Å². The normalized spacial score (nSPS) is 11.0. The Morgan fingerprint density at radius 3 is 2.83 bits per heavy atom. The molecule has 0 atom stereocenters. The average Bonchev–Trinajstić information content (AvgIpc) is 3.52. The van der Waals surface area contributed by atoms with Gasteiger partial charge in [-0.05, 0) is 53.9 Å².